The highest BCUT2D eigenvalue weighted by molar-refractivity contribution is 14.1. The topological polar surface area (TPSA) is 160 Å². The molecule has 1 aliphatic heterocycles. The predicted molar refractivity (Wildman–Crippen MR) is 282 cm³/mol. The average Bonchev–Trinajstić information content (AvgIpc) is 4.19. The second kappa shape index (κ2) is 20.4. The quantitative estimate of drug-likeness (QED) is 0.0685. The molecule has 8 aromatic heterocycles. The third-order valence-corrected chi connectivity index (χ3v) is 13.1. The Morgan fingerprint density at radius 1 is 0.671 bits per heavy atom. The number of H-pyrrole nitrogens is 2. The Balaban J connectivity index is 0.000000144. The second-order valence-electron chi connectivity index (χ2n) is 17.5. The summed E-state index contributed by atoms with van der Waals surface area (Å²) >= 11 is 2.20. The lowest BCUT2D eigenvalue weighted by Gasteiger charge is -2.32. The van der Waals surface area contributed by atoms with Gasteiger partial charge in [0, 0.05) is 88.5 Å². The van der Waals surface area contributed by atoms with Crippen molar-refractivity contribution in [3.05, 3.63) is 173 Å². The fraction of sp³-hybridized carbons (Fsp3) is 0.192. The molecule has 1 fully saturated rings. The summed E-state index contributed by atoms with van der Waals surface area (Å²) in [4.78, 5) is 23.8. The number of aromatic nitrogens is 10. The van der Waals surface area contributed by atoms with Gasteiger partial charge in [0.15, 0.2) is 11.3 Å². The zero-order valence-electron chi connectivity index (χ0n) is 39.0. The SMILES string of the molecule is C=CB1OC(C)(C)C(C)(C)O1.C=Cc1cnn2c(NCCc3c[nH]c4ccccc34)cc(-c3cncc(F)c3)nc12.Fc1cncc(-c2cc(NCCc3c[nH]c4ccccc34)n3ncc(I)c3n2)c1. The number of anilines is 2. The van der Waals surface area contributed by atoms with E-state index < -0.39 is 5.82 Å². The first-order valence-electron chi connectivity index (χ1n) is 22.6. The first kappa shape index (κ1) is 47.8. The lowest BCUT2D eigenvalue weighted by Crippen LogP contribution is -2.41. The van der Waals surface area contributed by atoms with Crippen molar-refractivity contribution in [2.45, 2.75) is 51.7 Å². The van der Waals surface area contributed by atoms with Crippen LogP contribution in [0.4, 0.5) is 20.4 Å². The fourth-order valence-corrected chi connectivity index (χ4v) is 8.50. The molecule has 0 spiro atoms. The van der Waals surface area contributed by atoms with Crippen molar-refractivity contribution in [3.8, 4) is 22.5 Å². The number of hydrogen-bond acceptors (Lipinski definition) is 10. The van der Waals surface area contributed by atoms with Crippen LogP contribution in [0.3, 0.4) is 0 Å². The smallest absolute Gasteiger partial charge is 0.400 e. The van der Waals surface area contributed by atoms with E-state index in [1.165, 1.54) is 46.4 Å². The molecule has 0 saturated carbocycles. The van der Waals surface area contributed by atoms with E-state index >= 15 is 0 Å². The first-order chi connectivity index (χ1) is 33.8. The molecule has 0 unspecified atom stereocenters. The third-order valence-electron chi connectivity index (χ3n) is 12.4. The molecule has 2 aromatic carbocycles. The van der Waals surface area contributed by atoms with Crippen LogP contribution in [0.2, 0.25) is 0 Å². The lowest BCUT2D eigenvalue weighted by atomic mass is 9.90. The number of nitrogens with zero attached hydrogens (tertiary/aromatic N) is 8. The van der Waals surface area contributed by atoms with Gasteiger partial charge in [-0.2, -0.15) is 19.2 Å². The molecule has 354 valence electrons. The summed E-state index contributed by atoms with van der Waals surface area (Å²) in [5.74, 6) is 2.46. The molecule has 0 aliphatic carbocycles. The summed E-state index contributed by atoms with van der Waals surface area (Å²) < 4.78 is 42.9. The number of aromatic amines is 2. The third kappa shape index (κ3) is 10.2. The maximum Gasteiger partial charge on any atom is 0.486 e. The fourth-order valence-electron chi connectivity index (χ4n) is 8.02. The molecule has 0 atom stereocenters. The van der Waals surface area contributed by atoms with Gasteiger partial charge in [-0.05, 0) is 98.5 Å². The minimum absolute atomic E-state index is 0.230. The first-order valence-corrected chi connectivity index (χ1v) is 23.7. The van der Waals surface area contributed by atoms with E-state index in [1.54, 1.807) is 45.9 Å². The predicted octanol–water partition coefficient (Wildman–Crippen LogP) is 11.2. The van der Waals surface area contributed by atoms with Crippen molar-refractivity contribution in [2.75, 3.05) is 23.7 Å². The summed E-state index contributed by atoms with van der Waals surface area (Å²) in [5.41, 5.74) is 8.98. The summed E-state index contributed by atoms with van der Waals surface area (Å²) in [7, 11) is -0.250. The molecule has 9 heterocycles. The summed E-state index contributed by atoms with van der Waals surface area (Å²) in [6.45, 7) is 17.0. The van der Waals surface area contributed by atoms with Gasteiger partial charge in [0.05, 0.1) is 50.9 Å². The van der Waals surface area contributed by atoms with Gasteiger partial charge in [0.1, 0.15) is 23.3 Å². The van der Waals surface area contributed by atoms with E-state index in [0.717, 1.165) is 56.8 Å². The average molecular weight is 1050 g/mol. The molecule has 0 amide bonds. The summed E-state index contributed by atoms with van der Waals surface area (Å²) in [6, 6.07) is 23.1. The molecule has 11 rings (SSSR count). The Bertz CT molecular complexity index is 3480. The van der Waals surface area contributed by atoms with Gasteiger partial charge in [0.2, 0.25) is 0 Å². The molecule has 18 heteroatoms. The normalized spacial score (nSPS) is 13.8. The Kier molecular flexibility index (Phi) is 13.9. The number of benzene rings is 2. The molecule has 1 saturated heterocycles. The Morgan fingerprint density at radius 3 is 1.64 bits per heavy atom. The highest BCUT2D eigenvalue weighted by Gasteiger charge is 2.49. The largest absolute Gasteiger partial charge is 0.486 e. The van der Waals surface area contributed by atoms with E-state index in [1.807, 2.05) is 70.3 Å². The van der Waals surface area contributed by atoms with Crippen LogP contribution < -0.4 is 10.6 Å². The Hall–Kier alpha value is -7.29. The van der Waals surface area contributed by atoms with Crippen LogP contribution in [0, 0.1) is 15.2 Å². The molecular formula is C52H50BF2IN12O2. The van der Waals surface area contributed by atoms with E-state index in [2.05, 4.69) is 117 Å². The van der Waals surface area contributed by atoms with Gasteiger partial charge < -0.3 is 29.9 Å². The van der Waals surface area contributed by atoms with Crippen LogP contribution in [-0.2, 0) is 22.2 Å². The number of nitrogens with one attached hydrogen (secondary N) is 4. The van der Waals surface area contributed by atoms with Crippen molar-refractivity contribution >= 4 is 80.5 Å². The van der Waals surface area contributed by atoms with Crippen LogP contribution in [0.15, 0.2) is 142 Å². The van der Waals surface area contributed by atoms with Crippen LogP contribution >= 0.6 is 22.6 Å². The van der Waals surface area contributed by atoms with Crippen molar-refractivity contribution in [2.24, 2.45) is 0 Å². The lowest BCUT2D eigenvalue weighted by molar-refractivity contribution is 0.00578. The molecule has 0 radical (unpaired) electrons. The van der Waals surface area contributed by atoms with Gasteiger partial charge >= 0.3 is 7.12 Å². The minimum atomic E-state index is -0.402. The van der Waals surface area contributed by atoms with Crippen LogP contribution in [-0.4, -0.2) is 80.5 Å². The van der Waals surface area contributed by atoms with Gasteiger partial charge in [-0.3, -0.25) is 9.97 Å². The zero-order valence-corrected chi connectivity index (χ0v) is 41.2. The molecule has 0 bridgehead atoms. The maximum atomic E-state index is 13.7. The Morgan fingerprint density at radius 2 is 1.16 bits per heavy atom. The monoisotopic (exact) mass is 1050 g/mol. The minimum Gasteiger partial charge on any atom is -0.400 e. The number of hydrogen-bond donors (Lipinski definition) is 4. The molecule has 4 N–H and O–H groups in total. The molecule has 70 heavy (non-hydrogen) atoms. The molecule has 10 aromatic rings. The van der Waals surface area contributed by atoms with Crippen LogP contribution in [0.1, 0.15) is 44.4 Å². The highest BCUT2D eigenvalue weighted by atomic mass is 127. The van der Waals surface area contributed by atoms with E-state index in [-0.39, 0.29) is 24.1 Å². The number of halogens is 3. The van der Waals surface area contributed by atoms with Gasteiger partial charge in [0.25, 0.3) is 0 Å². The molecular weight excluding hydrogens is 1000 g/mol. The van der Waals surface area contributed by atoms with Crippen molar-refractivity contribution < 1.29 is 18.1 Å². The van der Waals surface area contributed by atoms with Gasteiger partial charge in [-0.1, -0.05) is 55.0 Å². The summed E-state index contributed by atoms with van der Waals surface area (Å²) in [6.07, 6.45) is 16.5. The number of rotatable bonds is 12. The van der Waals surface area contributed by atoms with Crippen molar-refractivity contribution in [1.82, 2.24) is 49.1 Å². The van der Waals surface area contributed by atoms with Gasteiger partial charge in [-0.15, -0.1) is 6.58 Å². The standard InChI is InChI=1S/C23H19FN6.C21H16FIN6.C8H15BO2/c1-2-15-13-28-30-22(10-21(29-23(15)30)17-9-18(24)14-25-11-17)26-8-7-16-12-27-20-6-4-3-5-19(16)20;22-15-7-14(9-24-11-15)19-8-20(29-21(28-19)17(23)12-27-29)25-6-5-13-10-26-18-4-2-1-3-16(13)18;1-6-9-10-7(2,3)8(4,5)11-9/h2-6,9-14,26-27H,1,7-8H2;1-4,7-12,25-26H,5-6H2;6H,1H2,2-5H3. The van der Waals surface area contributed by atoms with E-state index in [4.69, 9.17) is 9.31 Å². The van der Waals surface area contributed by atoms with E-state index in [9.17, 15) is 8.78 Å². The van der Waals surface area contributed by atoms with Crippen molar-refractivity contribution in [3.63, 3.8) is 0 Å². The number of fused-ring (bicyclic) bond motifs is 4. The number of para-hydroxylation sites is 2. The number of pyridine rings is 2. The van der Waals surface area contributed by atoms with Crippen molar-refractivity contribution in [1.29, 1.82) is 0 Å². The van der Waals surface area contributed by atoms with Gasteiger partial charge in [-0.25, -0.2) is 18.7 Å². The molecule has 14 nitrogen and oxygen atoms in total. The maximum absolute atomic E-state index is 13.7. The van der Waals surface area contributed by atoms with Crippen LogP contribution in [0.25, 0.3) is 61.7 Å². The molecule has 1 aliphatic rings. The highest BCUT2D eigenvalue weighted by Crippen LogP contribution is 2.37. The summed E-state index contributed by atoms with van der Waals surface area (Å²) in [5, 5.41) is 18.2. The zero-order chi connectivity index (χ0) is 49.0. The van der Waals surface area contributed by atoms with E-state index in [0.29, 0.717) is 34.7 Å². The van der Waals surface area contributed by atoms with Crippen LogP contribution in [0.5, 0.6) is 0 Å². The second-order valence-corrected chi connectivity index (χ2v) is 18.7. The Labute approximate surface area is 417 Å².